The third kappa shape index (κ3) is 3.65. The van der Waals surface area contributed by atoms with E-state index < -0.39 is 7.12 Å². The molecule has 0 bridgehead atoms. The SMILES string of the molecule is CNCC(Cn1c(C)nc2cccc(B(O)O)c21)OCCO. The van der Waals surface area contributed by atoms with Crippen LogP contribution in [0.5, 0.6) is 0 Å². The van der Waals surface area contributed by atoms with Crippen LogP contribution in [0.1, 0.15) is 5.82 Å². The van der Waals surface area contributed by atoms with E-state index in [9.17, 15) is 10.0 Å². The maximum absolute atomic E-state index is 9.57. The van der Waals surface area contributed by atoms with Gasteiger partial charge in [0, 0.05) is 12.0 Å². The number of nitrogens with zero attached hydrogens (tertiary/aromatic N) is 2. The summed E-state index contributed by atoms with van der Waals surface area (Å²) in [5, 5.41) is 31.1. The second kappa shape index (κ2) is 7.71. The van der Waals surface area contributed by atoms with Gasteiger partial charge in [-0.3, -0.25) is 0 Å². The van der Waals surface area contributed by atoms with Gasteiger partial charge in [-0.2, -0.15) is 0 Å². The largest absolute Gasteiger partial charge is 0.490 e. The van der Waals surface area contributed by atoms with Gasteiger partial charge >= 0.3 is 7.12 Å². The van der Waals surface area contributed by atoms with E-state index in [4.69, 9.17) is 9.84 Å². The third-order valence-electron chi connectivity index (χ3n) is 3.53. The fraction of sp³-hybridized carbons (Fsp3) is 0.500. The van der Waals surface area contributed by atoms with Gasteiger partial charge in [0.15, 0.2) is 0 Å². The molecule has 0 aliphatic heterocycles. The Labute approximate surface area is 129 Å². The van der Waals surface area contributed by atoms with E-state index in [-0.39, 0.29) is 19.3 Å². The fourth-order valence-electron chi connectivity index (χ4n) is 2.59. The Morgan fingerprint density at radius 3 is 2.82 bits per heavy atom. The van der Waals surface area contributed by atoms with E-state index in [1.165, 1.54) is 0 Å². The van der Waals surface area contributed by atoms with Gasteiger partial charge in [-0.05, 0) is 20.0 Å². The molecule has 2 rings (SSSR count). The first-order valence-electron chi connectivity index (χ1n) is 7.27. The first-order chi connectivity index (χ1) is 10.6. The van der Waals surface area contributed by atoms with Crippen LogP contribution >= 0.6 is 0 Å². The first kappa shape index (κ1) is 16.9. The molecule has 1 aromatic carbocycles. The second-order valence-corrected chi connectivity index (χ2v) is 5.13. The van der Waals surface area contributed by atoms with E-state index in [0.29, 0.717) is 29.6 Å². The van der Waals surface area contributed by atoms with E-state index in [2.05, 4.69) is 10.3 Å². The number of rotatable bonds is 8. The summed E-state index contributed by atoms with van der Waals surface area (Å²) in [5.74, 6) is 0.775. The standard InChI is InChI=1S/C14H22BN3O4/c1-10-17-13-5-3-4-12(15(20)21)14(13)18(10)9-11(8-16-2)22-7-6-19/h3-5,11,16,19-21H,6-9H2,1-2H3. The number of aliphatic hydroxyl groups excluding tert-OH is 1. The highest BCUT2D eigenvalue weighted by Gasteiger charge is 2.21. The van der Waals surface area contributed by atoms with Gasteiger partial charge in [0.25, 0.3) is 0 Å². The Hall–Kier alpha value is -1.45. The average Bonchev–Trinajstić information content (AvgIpc) is 2.80. The molecule has 1 heterocycles. The molecule has 0 aliphatic rings. The number of nitrogens with one attached hydrogen (secondary N) is 1. The first-order valence-corrected chi connectivity index (χ1v) is 7.27. The van der Waals surface area contributed by atoms with E-state index in [1.807, 2.05) is 24.6 Å². The van der Waals surface area contributed by atoms with Crippen molar-refractivity contribution < 1.29 is 19.9 Å². The quantitative estimate of drug-likeness (QED) is 0.449. The molecule has 0 spiro atoms. The summed E-state index contributed by atoms with van der Waals surface area (Å²) in [6, 6.07) is 5.26. The number of likely N-dealkylation sites (N-methyl/N-ethyl adjacent to an activating group) is 1. The van der Waals surface area contributed by atoms with Crippen LogP contribution in [0.2, 0.25) is 0 Å². The van der Waals surface area contributed by atoms with Crippen molar-refractivity contribution in [3.05, 3.63) is 24.0 Å². The Bertz CT molecular complexity index is 617. The highest BCUT2D eigenvalue weighted by molar-refractivity contribution is 6.61. The number of hydrogen-bond acceptors (Lipinski definition) is 6. The van der Waals surface area contributed by atoms with Crippen molar-refractivity contribution in [2.24, 2.45) is 0 Å². The van der Waals surface area contributed by atoms with Gasteiger partial charge in [0.2, 0.25) is 0 Å². The topological polar surface area (TPSA) is 99.8 Å². The van der Waals surface area contributed by atoms with E-state index in [0.717, 1.165) is 5.82 Å². The summed E-state index contributed by atoms with van der Waals surface area (Å²) in [7, 11) is 0.275. The zero-order valence-electron chi connectivity index (χ0n) is 12.9. The lowest BCUT2D eigenvalue weighted by atomic mass is 9.79. The molecule has 22 heavy (non-hydrogen) atoms. The average molecular weight is 307 g/mol. The molecule has 0 radical (unpaired) electrons. The number of aryl methyl sites for hydroxylation is 1. The highest BCUT2D eigenvalue weighted by Crippen LogP contribution is 2.15. The fourth-order valence-corrected chi connectivity index (χ4v) is 2.59. The van der Waals surface area contributed by atoms with Crippen molar-refractivity contribution in [3.63, 3.8) is 0 Å². The molecule has 1 unspecified atom stereocenters. The minimum atomic E-state index is -1.56. The molecule has 120 valence electrons. The van der Waals surface area contributed by atoms with Gasteiger partial charge in [-0.25, -0.2) is 4.98 Å². The summed E-state index contributed by atoms with van der Waals surface area (Å²) in [6.45, 7) is 3.21. The lowest BCUT2D eigenvalue weighted by molar-refractivity contribution is 0.0210. The van der Waals surface area contributed by atoms with E-state index >= 15 is 0 Å². The number of imidazole rings is 1. The number of benzene rings is 1. The van der Waals surface area contributed by atoms with Crippen LogP contribution in [0.15, 0.2) is 18.2 Å². The highest BCUT2D eigenvalue weighted by atomic mass is 16.5. The molecule has 8 heteroatoms. The maximum Gasteiger partial charge on any atom is 0.490 e. The molecule has 0 aliphatic carbocycles. The van der Waals surface area contributed by atoms with Crippen molar-refractivity contribution in [2.45, 2.75) is 19.6 Å². The minimum Gasteiger partial charge on any atom is -0.423 e. The lowest BCUT2D eigenvalue weighted by Gasteiger charge is -2.19. The molecule has 1 aromatic heterocycles. The zero-order chi connectivity index (χ0) is 16.1. The van der Waals surface area contributed by atoms with Gasteiger partial charge < -0.3 is 29.8 Å². The predicted molar refractivity (Wildman–Crippen MR) is 85.0 cm³/mol. The van der Waals surface area contributed by atoms with Crippen LogP contribution < -0.4 is 10.8 Å². The molecule has 0 fully saturated rings. The number of hydrogen-bond donors (Lipinski definition) is 4. The second-order valence-electron chi connectivity index (χ2n) is 5.13. The van der Waals surface area contributed by atoms with Crippen LogP contribution in [0.4, 0.5) is 0 Å². The number of ether oxygens (including phenoxy) is 1. The molecule has 7 nitrogen and oxygen atoms in total. The molecule has 1 atom stereocenters. The summed E-state index contributed by atoms with van der Waals surface area (Å²) in [5.41, 5.74) is 1.83. The summed E-state index contributed by atoms with van der Waals surface area (Å²) in [4.78, 5) is 4.47. The Morgan fingerprint density at radius 1 is 1.41 bits per heavy atom. The smallest absolute Gasteiger partial charge is 0.423 e. The van der Waals surface area contributed by atoms with Gasteiger partial charge in [0.05, 0.1) is 36.9 Å². The van der Waals surface area contributed by atoms with E-state index in [1.54, 1.807) is 12.1 Å². The Kier molecular flexibility index (Phi) is 5.93. The van der Waals surface area contributed by atoms with Crippen molar-refractivity contribution in [1.82, 2.24) is 14.9 Å². The summed E-state index contributed by atoms with van der Waals surface area (Å²) >= 11 is 0. The Balaban J connectivity index is 2.38. The zero-order valence-corrected chi connectivity index (χ0v) is 12.9. The van der Waals surface area contributed by atoms with Gasteiger partial charge in [0.1, 0.15) is 5.82 Å². The molecule has 0 saturated heterocycles. The molecular weight excluding hydrogens is 285 g/mol. The Morgan fingerprint density at radius 2 is 2.18 bits per heavy atom. The maximum atomic E-state index is 9.57. The molecule has 2 aromatic rings. The van der Waals surface area contributed by atoms with Gasteiger partial charge in [-0.1, -0.05) is 12.1 Å². The molecule has 0 amide bonds. The lowest BCUT2D eigenvalue weighted by Crippen LogP contribution is -2.35. The van der Waals surface area contributed by atoms with Crippen molar-refractivity contribution in [3.8, 4) is 0 Å². The van der Waals surface area contributed by atoms with Crippen LogP contribution in [0, 0.1) is 6.92 Å². The third-order valence-corrected chi connectivity index (χ3v) is 3.53. The monoisotopic (exact) mass is 307 g/mol. The summed E-state index contributed by atoms with van der Waals surface area (Å²) < 4.78 is 7.54. The molecular formula is C14H22BN3O4. The van der Waals surface area contributed by atoms with Crippen LogP contribution in [-0.2, 0) is 11.3 Å². The van der Waals surface area contributed by atoms with Crippen LogP contribution in [-0.4, -0.2) is 64.7 Å². The molecule has 0 saturated carbocycles. The number of aromatic nitrogens is 2. The minimum absolute atomic E-state index is 0.0372. The predicted octanol–water partition coefficient (Wildman–Crippen LogP) is -1.38. The van der Waals surface area contributed by atoms with Crippen molar-refractivity contribution >= 4 is 23.6 Å². The van der Waals surface area contributed by atoms with Crippen LogP contribution in [0.25, 0.3) is 11.0 Å². The van der Waals surface area contributed by atoms with Gasteiger partial charge in [-0.15, -0.1) is 0 Å². The van der Waals surface area contributed by atoms with Crippen LogP contribution in [0.3, 0.4) is 0 Å². The van der Waals surface area contributed by atoms with Crippen molar-refractivity contribution in [1.29, 1.82) is 0 Å². The number of fused-ring (bicyclic) bond motifs is 1. The molecule has 4 N–H and O–H groups in total. The van der Waals surface area contributed by atoms with Crippen molar-refractivity contribution in [2.75, 3.05) is 26.8 Å². The number of aliphatic hydroxyl groups is 1. The number of para-hydroxylation sites is 1. The summed E-state index contributed by atoms with van der Waals surface area (Å²) in [6.07, 6.45) is -0.155. The normalized spacial score (nSPS) is 12.8.